The highest BCUT2D eigenvalue weighted by atomic mass is 35.5. The van der Waals surface area contributed by atoms with Gasteiger partial charge in [0.2, 0.25) is 0 Å². The number of rotatable bonds is 9. The maximum Gasteiger partial charge on any atom is 0.196 e. The first-order valence-corrected chi connectivity index (χ1v) is 12.2. The molecule has 0 aliphatic rings. The van der Waals surface area contributed by atoms with Crippen LogP contribution in [-0.4, -0.2) is 49.6 Å². The Hall–Kier alpha value is -2.94. The van der Waals surface area contributed by atoms with Gasteiger partial charge in [-0.2, -0.15) is 0 Å². The zero-order chi connectivity index (χ0) is 24.2. The van der Waals surface area contributed by atoms with Gasteiger partial charge in [0, 0.05) is 52.7 Å². The van der Waals surface area contributed by atoms with E-state index in [1.807, 2.05) is 60.9 Å². The molecule has 1 aromatic carbocycles. The van der Waals surface area contributed by atoms with Crippen molar-refractivity contribution in [2.45, 2.75) is 32.0 Å². The monoisotopic (exact) mass is 495 g/mol. The van der Waals surface area contributed by atoms with E-state index in [0.29, 0.717) is 22.6 Å². The van der Waals surface area contributed by atoms with Crippen LogP contribution in [0.25, 0.3) is 17.1 Å². The summed E-state index contributed by atoms with van der Waals surface area (Å²) in [4.78, 5) is 17.3. The Kier molecular flexibility index (Phi) is 7.50. The van der Waals surface area contributed by atoms with Crippen LogP contribution in [0.4, 0.5) is 0 Å². The molecule has 0 bridgehead atoms. The summed E-state index contributed by atoms with van der Waals surface area (Å²) >= 11 is 7.47. The Morgan fingerprint density at radius 1 is 1.12 bits per heavy atom. The van der Waals surface area contributed by atoms with Crippen molar-refractivity contribution in [1.29, 1.82) is 0 Å². The second-order valence-electron chi connectivity index (χ2n) is 8.02. The number of thioether (sulfide) groups is 1. The fraction of sp³-hybridized carbons (Fsp3) is 0.280. The molecule has 7 nitrogen and oxygen atoms in total. The molecular formula is C25H26ClN5O2S. The van der Waals surface area contributed by atoms with E-state index in [4.69, 9.17) is 16.3 Å². The van der Waals surface area contributed by atoms with Crippen LogP contribution >= 0.6 is 23.4 Å². The molecule has 0 spiro atoms. The Morgan fingerprint density at radius 2 is 1.82 bits per heavy atom. The molecule has 3 heterocycles. The van der Waals surface area contributed by atoms with Crippen molar-refractivity contribution in [3.63, 3.8) is 0 Å². The first-order chi connectivity index (χ1) is 16.4. The minimum Gasteiger partial charge on any atom is -0.383 e. The molecule has 0 aliphatic heterocycles. The number of methoxy groups -OCH3 is 1. The second kappa shape index (κ2) is 10.5. The number of nitrogens with zero attached hydrogens (tertiary/aromatic N) is 5. The maximum atomic E-state index is 13.2. The lowest BCUT2D eigenvalue weighted by Gasteiger charge is -2.17. The van der Waals surface area contributed by atoms with Gasteiger partial charge in [-0.25, -0.2) is 0 Å². The lowest BCUT2D eigenvalue weighted by atomic mass is 10.2. The lowest BCUT2D eigenvalue weighted by molar-refractivity contribution is 0.102. The molecule has 4 aromatic rings. The van der Waals surface area contributed by atoms with E-state index in [1.165, 1.54) is 11.8 Å². The Bertz CT molecular complexity index is 1280. The number of carbonyl (C=O) groups is 1. The van der Waals surface area contributed by atoms with Crippen LogP contribution in [0.2, 0.25) is 5.02 Å². The number of aryl methyl sites for hydroxylation is 1. The van der Waals surface area contributed by atoms with Crippen molar-refractivity contribution in [2.75, 3.05) is 19.5 Å². The minimum absolute atomic E-state index is 0.0464. The van der Waals surface area contributed by atoms with E-state index in [-0.39, 0.29) is 17.6 Å². The van der Waals surface area contributed by atoms with Crippen LogP contribution in [0.1, 0.15) is 34.7 Å². The van der Waals surface area contributed by atoms with Gasteiger partial charge in [0.05, 0.1) is 18.4 Å². The number of hydrogen-bond acceptors (Lipinski definition) is 6. The van der Waals surface area contributed by atoms with E-state index >= 15 is 0 Å². The number of ketones is 1. The summed E-state index contributed by atoms with van der Waals surface area (Å²) in [7, 11) is 1.68. The number of Topliss-reactive ketones (excluding diaryl/α,β-unsaturated/α-hetero) is 1. The molecule has 0 unspecified atom stereocenters. The van der Waals surface area contributed by atoms with Gasteiger partial charge in [0.25, 0.3) is 0 Å². The molecule has 0 saturated heterocycles. The smallest absolute Gasteiger partial charge is 0.196 e. The van der Waals surface area contributed by atoms with Gasteiger partial charge in [-0.15, -0.1) is 10.2 Å². The van der Waals surface area contributed by atoms with Crippen molar-refractivity contribution in [3.8, 4) is 17.1 Å². The number of aromatic nitrogens is 5. The molecule has 9 heteroatoms. The topological polar surface area (TPSA) is 74.8 Å². The third-order valence-electron chi connectivity index (χ3n) is 5.62. The Morgan fingerprint density at radius 3 is 2.50 bits per heavy atom. The molecule has 4 rings (SSSR count). The van der Waals surface area contributed by atoms with Crippen molar-refractivity contribution in [1.82, 2.24) is 24.3 Å². The lowest BCUT2D eigenvalue weighted by Crippen LogP contribution is -2.14. The summed E-state index contributed by atoms with van der Waals surface area (Å²) in [5.74, 6) is 0.960. The summed E-state index contributed by atoms with van der Waals surface area (Å²) in [5.41, 5.74) is 4.46. The van der Waals surface area contributed by atoms with Gasteiger partial charge >= 0.3 is 0 Å². The third kappa shape index (κ3) is 4.94. The van der Waals surface area contributed by atoms with E-state index in [9.17, 15) is 4.79 Å². The van der Waals surface area contributed by atoms with Crippen LogP contribution in [-0.2, 0) is 4.74 Å². The highest BCUT2D eigenvalue weighted by molar-refractivity contribution is 7.99. The van der Waals surface area contributed by atoms with Crippen LogP contribution in [0.3, 0.4) is 0 Å². The van der Waals surface area contributed by atoms with Gasteiger partial charge in [-0.3, -0.25) is 14.3 Å². The first-order valence-electron chi connectivity index (χ1n) is 10.9. The van der Waals surface area contributed by atoms with Gasteiger partial charge in [0.15, 0.2) is 16.8 Å². The van der Waals surface area contributed by atoms with Crippen LogP contribution in [0, 0.1) is 13.8 Å². The standard InChI is InChI=1S/C25H26ClN5O2S/c1-16-13-22(18(3)30(16)17(2)14-33-4)23(32)15-34-25-29-28-24(19-9-11-27-12-10-19)31(25)21-7-5-20(26)6-8-21/h5-13,17H,14-15H2,1-4H3/t17-/m1/s1. The fourth-order valence-electron chi connectivity index (χ4n) is 4.14. The molecule has 34 heavy (non-hydrogen) atoms. The molecule has 0 amide bonds. The molecule has 0 fully saturated rings. The van der Waals surface area contributed by atoms with Crippen LogP contribution < -0.4 is 0 Å². The second-order valence-corrected chi connectivity index (χ2v) is 9.40. The van der Waals surface area contributed by atoms with Gasteiger partial charge < -0.3 is 9.30 Å². The molecule has 1 atom stereocenters. The van der Waals surface area contributed by atoms with E-state index < -0.39 is 0 Å². The zero-order valence-corrected chi connectivity index (χ0v) is 21.1. The summed E-state index contributed by atoms with van der Waals surface area (Å²) in [6, 6.07) is 13.3. The summed E-state index contributed by atoms with van der Waals surface area (Å²) in [6.45, 7) is 6.67. The van der Waals surface area contributed by atoms with Crippen LogP contribution in [0.15, 0.2) is 60.0 Å². The van der Waals surface area contributed by atoms with E-state index in [1.54, 1.807) is 19.5 Å². The van der Waals surface area contributed by atoms with E-state index in [0.717, 1.165) is 28.2 Å². The highest BCUT2D eigenvalue weighted by Crippen LogP contribution is 2.29. The largest absolute Gasteiger partial charge is 0.383 e. The average Bonchev–Trinajstić information content (AvgIpc) is 3.39. The predicted molar refractivity (Wildman–Crippen MR) is 135 cm³/mol. The van der Waals surface area contributed by atoms with Crippen molar-refractivity contribution >= 4 is 29.1 Å². The molecule has 0 aliphatic carbocycles. The first kappa shape index (κ1) is 24.2. The Balaban J connectivity index is 1.63. The highest BCUT2D eigenvalue weighted by Gasteiger charge is 2.21. The van der Waals surface area contributed by atoms with E-state index in [2.05, 4.69) is 26.7 Å². The SMILES string of the molecule is COC[C@@H](C)n1c(C)cc(C(=O)CSc2nnc(-c3ccncc3)n2-c2ccc(Cl)cc2)c1C. The third-order valence-corrected chi connectivity index (χ3v) is 6.80. The summed E-state index contributed by atoms with van der Waals surface area (Å²) in [6.07, 6.45) is 3.43. The van der Waals surface area contributed by atoms with Crippen molar-refractivity contribution in [2.24, 2.45) is 0 Å². The van der Waals surface area contributed by atoms with Crippen molar-refractivity contribution < 1.29 is 9.53 Å². The van der Waals surface area contributed by atoms with Gasteiger partial charge in [0.1, 0.15) is 0 Å². The van der Waals surface area contributed by atoms with Crippen LogP contribution in [0.5, 0.6) is 0 Å². The molecule has 176 valence electrons. The average molecular weight is 496 g/mol. The number of hydrogen-bond donors (Lipinski definition) is 0. The Labute approximate surface area is 208 Å². The number of benzene rings is 1. The van der Waals surface area contributed by atoms with Gasteiger partial charge in [-0.1, -0.05) is 23.4 Å². The molecular weight excluding hydrogens is 470 g/mol. The summed E-state index contributed by atoms with van der Waals surface area (Å²) in [5, 5.41) is 10.1. The van der Waals surface area contributed by atoms with Crippen molar-refractivity contribution in [3.05, 3.63) is 76.8 Å². The minimum atomic E-state index is 0.0464. The zero-order valence-electron chi connectivity index (χ0n) is 19.5. The normalized spacial score (nSPS) is 12.1. The maximum absolute atomic E-state index is 13.2. The quantitative estimate of drug-likeness (QED) is 0.223. The number of halogens is 1. The molecule has 0 N–H and O–H groups in total. The number of carbonyl (C=O) groups excluding carboxylic acids is 1. The van der Waals surface area contributed by atoms with Gasteiger partial charge in [-0.05, 0) is 63.2 Å². The number of ether oxygens (including phenoxy) is 1. The number of pyridine rings is 1. The summed E-state index contributed by atoms with van der Waals surface area (Å²) < 4.78 is 9.39. The molecule has 0 saturated carbocycles. The fourth-order valence-corrected chi connectivity index (χ4v) is 5.10. The molecule has 3 aromatic heterocycles. The molecule has 0 radical (unpaired) electrons. The predicted octanol–water partition coefficient (Wildman–Crippen LogP) is 5.58.